The third-order valence-electron chi connectivity index (χ3n) is 4.97. The van der Waals surface area contributed by atoms with E-state index in [4.69, 9.17) is 9.47 Å². The summed E-state index contributed by atoms with van der Waals surface area (Å²) in [6.07, 6.45) is 3.54. The lowest BCUT2D eigenvalue weighted by Gasteiger charge is -2.25. The molecule has 1 aromatic rings. The fourth-order valence-electron chi connectivity index (χ4n) is 2.99. The molecule has 28 heavy (non-hydrogen) atoms. The highest BCUT2D eigenvalue weighted by Crippen LogP contribution is 2.41. The molecule has 0 spiro atoms. The van der Waals surface area contributed by atoms with E-state index < -0.39 is 17.5 Å². The summed E-state index contributed by atoms with van der Waals surface area (Å²) in [6.45, 7) is 17.2. The predicted molar refractivity (Wildman–Crippen MR) is 106 cm³/mol. The minimum atomic E-state index is -1.20. The Hall–Kier alpha value is -2.43. The number of rotatable bonds is 8. The van der Waals surface area contributed by atoms with Gasteiger partial charge >= 0.3 is 0 Å². The van der Waals surface area contributed by atoms with Gasteiger partial charge < -0.3 is 9.47 Å². The molecule has 0 bridgehead atoms. The van der Waals surface area contributed by atoms with E-state index >= 15 is 4.39 Å². The average molecular weight is 392 g/mol. The van der Waals surface area contributed by atoms with Crippen molar-refractivity contribution in [3.05, 3.63) is 71.8 Å². The molecular formula is C23H27F3O2. The number of allylic oxidation sites excluding steroid dienone is 4. The number of hydrogen-bond donors (Lipinski definition) is 0. The number of hydrogen-bond acceptors (Lipinski definition) is 2. The maximum atomic E-state index is 15.0. The summed E-state index contributed by atoms with van der Waals surface area (Å²) in [7, 11) is 0. The van der Waals surface area contributed by atoms with Crippen molar-refractivity contribution < 1.29 is 22.6 Å². The first-order valence-electron chi connectivity index (χ1n) is 9.42. The fraction of sp³-hybridized carbons (Fsp3) is 0.391. The Morgan fingerprint density at radius 1 is 1.29 bits per heavy atom. The zero-order valence-corrected chi connectivity index (χ0v) is 16.7. The molecule has 0 aliphatic carbocycles. The Labute approximate surface area is 165 Å². The molecule has 0 amide bonds. The monoisotopic (exact) mass is 392 g/mol. The van der Waals surface area contributed by atoms with Crippen molar-refractivity contribution in [1.82, 2.24) is 0 Å². The lowest BCUT2D eigenvalue weighted by Crippen LogP contribution is -2.16. The lowest BCUT2D eigenvalue weighted by molar-refractivity contribution is 0.302. The van der Waals surface area contributed by atoms with Crippen LogP contribution in [0.2, 0.25) is 0 Å². The summed E-state index contributed by atoms with van der Waals surface area (Å²) >= 11 is 0. The van der Waals surface area contributed by atoms with Gasteiger partial charge in [-0.25, -0.2) is 4.39 Å². The van der Waals surface area contributed by atoms with Crippen molar-refractivity contribution in [2.24, 2.45) is 11.8 Å². The van der Waals surface area contributed by atoms with Crippen LogP contribution < -0.4 is 9.47 Å². The van der Waals surface area contributed by atoms with E-state index in [0.29, 0.717) is 17.1 Å². The molecule has 0 saturated carbocycles. The second-order valence-electron chi connectivity index (χ2n) is 7.17. The fourth-order valence-corrected chi connectivity index (χ4v) is 2.99. The van der Waals surface area contributed by atoms with Crippen LogP contribution in [0.1, 0.15) is 39.2 Å². The van der Waals surface area contributed by atoms with Gasteiger partial charge in [0.25, 0.3) is 0 Å². The van der Waals surface area contributed by atoms with Crippen molar-refractivity contribution in [2.45, 2.75) is 40.0 Å². The van der Waals surface area contributed by atoms with Crippen LogP contribution in [-0.4, -0.2) is 6.61 Å². The summed E-state index contributed by atoms with van der Waals surface area (Å²) < 4.78 is 54.2. The molecule has 1 heterocycles. The van der Waals surface area contributed by atoms with Crippen LogP contribution in [0.3, 0.4) is 0 Å². The van der Waals surface area contributed by atoms with Crippen molar-refractivity contribution in [2.75, 3.05) is 6.61 Å². The van der Waals surface area contributed by atoms with Crippen molar-refractivity contribution in [3.8, 4) is 11.5 Å². The number of benzene rings is 1. The molecule has 2 atom stereocenters. The van der Waals surface area contributed by atoms with Gasteiger partial charge in [-0.15, -0.1) is 6.58 Å². The Morgan fingerprint density at radius 3 is 2.57 bits per heavy atom. The zero-order chi connectivity index (χ0) is 21.0. The molecule has 0 N–H and O–H groups in total. The maximum Gasteiger partial charge on any atom is 0.205 e. The summed E-state index contributed by atoms with van der Waals surface area (Å²) in [6, 6.07) is 1.37. The van der Waals surface area contributed by atoms with Gasteiger partial charge in [0.2, 0.25) is 11.6 Å². The van der Waals surface area contributed by atoms with E-state index in [1.54, 1.807) is 6.92 Å². The first kappa shape index (κ1) is 21.9. The topological polar surface area (TPSA) is 18.5 Å². The zero-order valence-electron chi connectivity index (χ0n) is 16.7. The molecule has 1 aliphatic heterocycles. The van der Waals surface area contributed by atoms with Gasteiger partial charge in [-0.3, -0.25) is 0 Å². The molecule has 0 saturated heterocycles. The van der Waals surface area contributed by atoms with Crippen LogP contribution >= 0.6 is 0 Å². The van der Waals surface area contributed by atoms with Gasteiger partial charge in [0.1, 0.15) is 0 Å². The molecule has 2 rings (SSSR count). The minimum absolute atomic E-state index is 0.129. The number of fused-ring (bicyclic) bond motifs is 1. The third kappa shape index (κ3) is 4.51. The third-order valence-corrected chi connectivity index (χ3v) is 4.97. The molecule has 5 heteroatoms. The van der Waals surface area contributed by atoms with Crippen LogP contribution in [0.15, 0.2) is 54.6 Å². The summed E-state index contributed by atoms with van der Waals surface area (Å²) in [4.78, 5) is 0. The first-order valence-corrected chi connectivity index (χ1v) is 9.42. The van der Waals surface area contributed by atoms with E-state index in [0.717, 1.165) is 12.8 Å². The summed E-state index contributed by atoms with van der Waals surface area (Å²) in [5, 5.41) is 0. The molecule has 2 unspecified atom stereocenters. The van der Waals surface area contributed by atoms with E-state index in [1.807, 2.05) is 19.9 Å². The average Bonchev–Trinajstić information content (AvgIpc) is 2.68. The second kappa shape index (κ2) is 9.18. The molecular weight excluding hydrogens is 365 g/mol. The first-order chi connectivity index (χ1) is 13.2. The van der Waals surface area contributed by atoms with Gasteiger partial charge in [-0.1, -0.05) is 33.1 Å². The van der Waals surface area contributed by atoms with Crippen LogP contribution in [0.4, 0.5) is 13.2 Å². The number of halogens is 3. The minimum Gasteiger partial charge on any atom is -0.491 e. The van der Waals surface area contributed by atoms with Crippen molar-refractivity contribution >= 4 is 0 Å². The van der Waals surface area contributed by atoms with Gasteiger partial charge in [0.05, 0.1) is 6.61 Å². The van der Waals surface area contributed by atoms with Crippen molar-refractivity contribution in [3.63, 3.8) is 0 Å². The second-order valence-corrected chi connectivity index (χ2v) is 7.17. The van der Waals surface area contributed by atoms with Gasteiger partial charge in [0.15, 0.2) is 23.1 Å². The molecule has 0 radical (unpaired) electrons. The van der Waals surface area contributed by atoms with Gasteiger partial charge in [0, 0.05) is 12.0 Å². The van der Waals surface area contributed by atoms with E-state index in [2.05, 4.69) is 19.7 Å². The lowest BCUT2D eigenvalue weighted by atomic mass is 9.90. The summed E-state index contributed by atoms with van der Waals surface area (Å²) in [5.74, 6) is -3.58. The highest BCUT2D eigenvalue weighted by atomic mass is 19.2. The Bertz CT molecular complexity index is 824. The van der Waals surface area contributed by atoms with E-state index in [-0.39, 0.29) is 41.8 Å². The van der Waals surface area contributed by atoms with Crippen molar-refractivity contribution in [1.29, 1.82) is 0 Å². The smallest absolute Gasteiger partial charge is 0.205 e. The molecule has 152 valence electrons. The normalized spacial score (nSPS) is 17.3. The Kier molecular flexibility index (Phi) is 7.17. The standard InChI is InChI=1S/C23H27F3O2/c1-7-13(3)9-10-14(4)16(6)19(24)22-15(5)11-17-12-18(27-8-2)20(25)21(26)23(17)28-22/h7,12-14H,1,5-6,8-11H2,2-4H3/b22-19-. The molecule has 1 aromatic carbocycles. The quantitative estimate of drug-likeness (QED) is 0.451. The van der Waals surface area contributed by atoms with Gasteiger partial charge in [-0.05, 0) is 48.8 Å². The van der Waals surface area contributed by atoms with Crippen LogP contribution in [0.25, 0.3) is 0 Å². The highest BCUT2D eigenvalue weighted by Gasteiger charge is 2.30. The largest absolute Gasteiger partial charge is 0.491 e. The molecule has 2 nitrogen and oxygen atoms in total. The van der Waals surface area contributed by atoms with E-state index in [9.17, 15) is 8.78 Å². The van der Waals surface area contributed by atoms with Crippen LogP contribution in [0, 0.1) is 23.5 Å². The maximum absolute atomic E-state index is 15.0. The van der Waals surface area contributed by atoms with Gasteiger partial charge in [-0.2, -0.15) is 8.78 Å². The van der Waals surface area contributed by atoms with Crippen LogP contribution in [0.5, 0.6) is 11.5 Å². The van der Waals surface area contributed by atoms with Crippen LogP contribution in [-0.2, 0) is 6.42 Å². The number of ether oxygens (including phenoxy) is 2. The molecule has 0 aromatic heterocycles. The SMILES string of the molecule is C=CC(C)CCC(C)C(=C)/C(F)=C1/Oc2c(cc(OCC)c(F)c2F)CC1=C. The Morgan fingerprint density at radius 2 is 1.96 bits per heavy atom. The predicted octanol–water partition coefficient (Wildman–Crippen LogP) is 6.83. The Balaban J connectivity index is 2.31. The highest BCUT2D eigenvalue weighted by molar-refractivity contribution is 5.52. The summed E-state index contributed by atoms with van der Waals surface area (Å²) in [5.41, 5.74) is 0.955. The van der Waals surface area contributed by atoms with E-state index in [1.165, 1.54) is 6.07 Å². The molecule has 0 fully saturated rings. The molecule has 1 aliphatic rings.